The molecule has 0 bridgehead atoms. The molecule has 0 saturated carbocycles. The molecule has 0 spiro atoms. The van der Waals surface area contributed by atoms with Crippen LogP contribution in [0.15, 0.2) is 36.5 Å². The quantitative estimate of drug-likeness (QED) is 0.638. The molecular weight excluding hydrogens is 240 g/mol. The predicted octanol–water partition coefficient (Wildman–Crippen LogP) is 2.28. The molecule has 0 radical (unpaired) electrons. The first-order valence-electron chi connectivity index (χ1n) is 6.41. The van der Waals surface area contributed by atoms with E-state index in [-0.39, 0.29) is 5.97 Å². The van der Waals surface area contributed by atoms with E-state index in [1.165, 1.54) is 18.1 Å². The minimum atomic E-state index is -0.156. The van der Waals surface area contributed by atoms with Crippen molar-refractivity contribution in [2.75, 3.05) is 13.7 Å². The minimum Gasteiger partial charge on any atom is -0.469 e. The number of hydrogen-bond acceptors (Lipinski definition) is 4. The summed E-state index contributed by atoms with van der Waals surface area (Å²) in [5, 5.41) is 4.51. The first-order valence-corrected chi connectivity index (χ1v) is 6.41. The standard InChI is InChI=1S/C15H18N2O2/c1-19-15(18)7-4-9-16-11-12-8-10-17-14-6-3-2-5-13(12)14/h2-3,5-6,8,10,16H,4,7,9,11H2,1H3. The first kappa shape index (κ1) is 13.5. The highest BCUT2D eigenvalue weighted by molar-refractivity contribution is 5.81. The number of fused-ring (bicyclic) bond motifs is 1. The summed E-state index contributed by atoms with van der Waals surface area (Å²) in [4.78, 5) is 15.3. The lowest BCUT2D eigenvalue weighted by atomic mass is 10.1. The number of rotatable bonds is 6. The van der Waals surface area contributed by atoms with E-state index >= 15 is 0 Å². The number of carbonyl (C=O) groups is 1. The maximum Gasteiger partial charge on any atom is 0.305 e. The van der Waals surface area contributed by atoms with Crippen molar-refractivity contribution in [1.29, 1.82) is 0 Å². The van der Waals surface area contributed by atoms with Crippen LogP contribution in [0, 0.1) is 0 Å². The Labute approximate surface area is 112 Å². The molecule has 1 aromatic heterocycles. The minimum absolute atomic E-state index is 0.156. The summed E-state index contributed by atoms with van der Waals surface area (Å²) < 4.78 is 4.60. The summed E-state index contributed by atoms with van der Waals surface area (Å²) in [6.45, 7) is 1.58. The van der Waals surface area contributed by atoms with Crippen molar-refractivity contribution in [3.05, 3.63) is 42.1 Å². The van der Waals surface area contributed by atoms with Gasteiger partial charge in [-0.3, -0.25) is 9.78 Å². The van der Waals surface area contributed by atoms with Gasteiger partial charge in [-0.05, 0) is 30.7 Å². The highest BCUT2D eigenvalue weighted by Crippen LogP contribution is 2.15. The molecule has 0 unspecified atom stereocenters. The van der Waals surface area contributed by atoms with Gasteiger partial charge >= 0.3 is 5.97 Å². The SMILES string of the molecule is COC(=O)CCCNCc1ccnc2ccccc12. The Hall–Kier alpha value is -1.94. The topological polar surface area (TPSA) is 51.2 Å². The van der Waals surface area contributed by atoms with Gasteiger partial charge in [0.25, 0.3) is 0 Å². The van der Waals surface area contributed by atoms with Crippen molar-refractivity contribution >= 4 is 16.9 Å². The third-order valence-electron chi connectivity index (χ3n) is 3.02. The lowest BCUT2D eigenvalue weighted by Gasteiger charge is -2.07. The predicted molar refractivity (Wildman–Crippen MR) is 74.7 cm³/mol. The molecule has 2 rings (SSSR count). The van der Waals surface area contributed by atoms with Gasteiger partial charge in [0.2, 0.25) is 0 Å². The average Bonchev–Trinajstić information content (AvgIpc) is 2.46. The van der Waals surface area contributed by atoms with Crippen LogP contribution in [0.25, 0.3) is 10.9 Å². The smallest absolute Gasteiger partial charge is 0.305 e. The molecule has 4 nitrogen and oxygen atoms in total. The molecule has 0 amide bonds. The number of aromatic nitrogens is 1. The van der Waals surface area contributed by atoms with E-state index < -0.39 is 0 Å². The van der Waals surface area contributed by atoms with Crippen LogP contribution in [-0.4, -0.2) is 24.6 Å². The van der Waals surface area contributed by atoms with E-state index in [2.05, 4.69) is 21.1 Å². The van der Waals surface area contributed by atoms with Gasteiger partial charge in [-0.2, -0.15) is 0 Å². The Morgan fingerprint density at radius 1 is 1.32 bits per heavy atom. The fourth-order valence-corrected chi connectivity index (χ4v) is 1.99. The number of hydrogen-bond donors (Lipinski definition) is 1. The summed E-state index contributed by atoms with van der Waals surface area (Å²) in [6.07, 6.45) is 3.07. The maximum atomic E-state index is 11.0. The van der Waals surface area contributed by atoms with Crippen LogP contribution in [-0.2, 0) is 16.1 Å². The first-order chi connectivity index (χ1) is 9.31. The van der Waals surface area contributed by atoms with Gasteiger partial charge in [0.05, 0.1) is 12.6 Å². The number of para-hydroxylation sites is 1. The molecule has 0 atom stereocenters. The second-order valence-corrected chi connectivity index (χ2v) is 4.34. The largest absolute Gasteiger partial charge is 0.469 e. The van der Waals surface area contributed by atoms with Crippen molar-refractivity contribution in [3.8, 4) is 0 Å². The zero-order chi connectivity index (χ0) is 13.5. The van der Waals surface area contributed by atoms with E-state index in [1.54, 1.807) is 0 Å². The number of pyridine rings is 1. The zero-order valence-corrected chi connectivity index (χ0v) is 11.1. The van der Waals surface area contributed by atoms with Gasteiger partial charge in [-0.15, -0.1) is 0 Å². The average molecular weight is 258 g/mol. The van der Waals surface area contributed by atoms with Gasteiger partial charge in [-0.1, -0.05) is 18.2 Å². The normalized spacial score (nSPS) is 10.6. The van der Waals surface area contributed by atoms with Crippen LogP contribution in [0.4, 0.5) is 0 Å². The van der Waals surface area contributed by atoms with E-state index in [0.717, 1.165) is 25.0 Å². The lowest BCUT2D eigenvalue weighted by Crippen LogP contribution is -2.16. The lowest BCUT2D eigenvalue weighted by molar-refractivity contribution is -0.140. The molecule has 19 heavy (non-hydrogen) atoms. The number of benzene rings is 1. The van der Waals surface area contributed by atoms with E-state index in [1.807, 2.05) is 30.5 Å². The Kier molecular flexibility index (Phi) is 4.86. The number of nitrogens with one attached hydrogen (secondary N) is 1. The Bertz CT molecular complexity index is 549. The van der Waals surface area contributed by atoms with E-state index in [9.17, 15) is 4.79 Å². The Balaban J connectivity index is 1.86. The second kappa shape index (κ2) is 6.85. The van der Waals surface area contributed by atoms with Crippen molar-refractivity contribution in [2.45, 2.75) is 19.4 Å². The van der Waals surface area contributed by atoms with Crippen LogP contribution < -0.4 is 5.32 Å². The molecule has 2 aromatic rings. The molecule has 0 aliphatic carbocycles. The molecule has 1 N–H and O–H groups in total. The fourth-order valence-electron chi connectivity index (χ4n) is 1.99. The van der Waals surface area contributed by atoms with Crippen LogP contribution >= 0.6 is 0 Å². The van der Waals surface area contributed by atoms with Crippen molar-refractivity contribution in [2.24, 2.45) is 0 Å². The van der Waals surface area contributed by atoms with E-state index in [0.29, 0.717) is 6.42 Å². The second-order valence-electron chi connectivity index (χ2n) is 4.34. The number of methoxy groups -OCH3 is 1. The van der Waals surface area contributed by atoms with Crippen LogP contribution in [0.1, 0.15) is 18.4 Å². The van der Waals surface area contributed by atoms with Crippen LogP contribution in [0.5, 0.6) is 0 Å². The number of nitrogens with zero attached hydrogens (tertiary/aromatic N) is 1. The van der Waals surface area contributed by atoms with Gasteiger partial charge in [-0.25, -0.2) is 0 Å². The fraction of sp³-hybridized carbons (Fsp3) is 0.333. The summed E-state index contributed by atoms with van der Waals surface area (Å²) in [7, 11) is 1.42. The highest BCUT2D eigenvalue weighted by atomic mass is 16.5. The molecule has 0 saturated heterocycles. The number of carbonyl (C=O) groups excluding carboxylic acids is 1. The van der Waals surface area contributed by atoms with Crippen LogP contribution in [0.3, 0.4) is 0 Å². The van der Waals surface area contributed by atoms with Gasteiger partial charge in [0, 0.05) is 24.5 Å². The zero-order valence-electron chi connectivity index (χ0n) is 11.1. The molecule has 0 aliphatic rings. The molecule has 1 aromatic carbocycles. The van der Waals surface area contributed by atoms with Gasteiger partial charge in [0.15, 0.2) is 0 Å². The van der Waals surface area contributed by atoms with Crippen molar-refractivity contribution in [3.63, 3.8) is 0 Å². The summed E-state index contributed by atoms with van der Waals surface area (Å²) in [6, 6.07) is 10.1. The Morgan fingerprint density at radius 2 is 2.16 bits per heavy atom. The third kappa shape index (κ3) is 3.76. The molecular formula is C15H18N2O2. The van der Waals surface area contributed by atoms with Crippen LogP contribution in [0.2, 0.25) is 0 Å². The van der Waals surface area contributed by atoms with E-state index in [4.69, 9.17) is 0 Å². The molecule has 0 aliphatic heterocycles. The van der Waals surface area contributed by atoms with Crippen molar-refractivity contribution in [1.82, 2.24) is 10.3 Å². The summed E-state index contributed by atoms with van der Waals surface area (Å²) in [5.41, 5.74) is 2.24. The molecule has 4 heteroatoms. The Morgan fingerprint density at radius 3 is 3.00 bits per heavy atom. The van der Waals surface area contributed by atoms with Gasteiger partial charge in [0.1, 0.15) is 0 Å². The summed E-state index contributed by atoms with van der Waals surface area (Å²) in [5.74, 6) is -0.156. The summed E-state index contributed by atoms with van der Waals surface area (Å²) >= 11 is 0. The monoisotopic (exact) mass is 258 g/mol. The highest BCUT2D eigenvalue weighted by Gasteiger charge is 2.02. The third-order valence-corrected chi connectivity index (χ3v) is 3.02. The number of esters is 1. The van der Waals surface area contributed by atoms with Gasteiger partial charge < -0.3 is 10.1 Å². The molecule has 1 heterocycles. The molecule has 0 fully saturated rings. The maximum absolute atomic E-state index is 11.0. The van der Waals surface area contributed by atoms with Crippen molar-refractivity contribution < 1.29 is 9.53 Å². The number of ether oxygens (including phenoxy) is 1. The molecule has 100 valence electrons.